The Bertz CT molecular complexity index is 632. The lowest BCUT2D eigenvalue weighted by molar-refractivity contribution is -0.136. The molecule has 2 N–H and O–H groups in total. The molecule has 0 saturated carbocycles. The molecule has 0 aliphatic carbocycles. The molecule has 1 aromatic carbocycles. The minimum absolute atomic E-state index is 0.0573. The Labute approximate surface area is 148 Å². The summed E-state index contributed by atoms with van der Waals surface area (Å²) < 4.78 is 0. The van der Waals surface area contributed by atoms with Crippen LogP contribution in [0.4, 0.5) is 10.5 Å². The molecular formula is C19H27N3O3. The van der Waals surface area contributed by atoms with Crippen LogP contribution in [0.1, 0.15) is 26.7 Å². The fourth-order valence-electron chi connectivity index (χ4n) is 3.63. The van der Waals surface area contributed by atoms with Crippen LogP contribution in [0.5, 0.6) is 0 Å². The van der Waals surface area contributed by atoms with Gasteiger partial charge in [0.05, 0.1) is 12.0 Å². The maximum atomic E-state index is 12.8. The Morgan fingerprint density at radius 2 is 1.88 bits per heavy atom. The fraction of sp³-hybridized carbons (Fsp3) is 0.579. The van der Waals surface area contributed by atoms with Crippen LogP contribution in [0.15, 0.2) is 30.3 Å². The van der Waals surface area contributed by atoms with Crippen LogP contribution in [0.25, 0.3) is 0 Å². The van der Waals surface area contributed by atoms with Crippen LogP contribution < -0.4 is 5.32 Å². The lowest BCUT2D eigenvalue weighted by Gasteiger charge is -2.34. The summed E-state index contributed by atoms with van der Waals surface area (Å²) in [7, 11) is 0. The van der Waals surface area contributed by atoms with Crippen molar-refractivity contribution in [3.63, 3.8) is 0 Å². The highest BCUT2D eigenvalue weighted by molar-refractivity contribution is 5.90. The van der Waals surface area contributed by atoms with Gasteiger partial charge in [0.2, 0.25) is 5.91 Å². The summed E-state index contributed by atoms with van der Waals surface area (Å²) in [6, 6.07) is 9.18. The molecular weight excluding hydrogens is 318 g/mol. The second-order valence-corrected chi connectivity index (χ2v) is 7.80. The molecule has 2 atom stereocenters. The number of carbonyl (C=O) groups is 2. The molecule has 136 valence electrons. The molecule has 3 amide bonds. The van der Waals surface area contributed by atoms with Crippen LogP contribution in [-0.2, 0) is 4.79 Å². The van der Waals surface area contributed by atoms with E-state index in [9.17, 15) is 14.7 Å². The first-order valence-electron chi connectivity index (χ1n) is 8.94. The number of hydrogen-bond donors (Lipinski definition) is 2. The zero-order valence-electron chi connectivity index (χ0n) is 14.9. The first-order chi connectivity index (χ1) is 11.9. The number of β-amino-alcohol motifs (C(OH)–C–C–N with tert-alkyl or cyclic N) is 1. The fourth-order valence-corrected chi connectivity index (χ4v) is 3.63. The van der Waals surface area contributed by atoms with E-state index < -0.39 is 6.10 Å². The van der Waals surface area contributed by atoms with E-state index in [1.807, 2.05) is 44.2 Å². The highest BCUT2D eigenvalue weighted by Crippen LogP contribution is 2.31. The summed E-state index contributed by atoms with van der Waals surface area (Å²) in [6.45, 7) is 6.01. The predicted molar refractivity (Wildman–Crippen MR) is 96.1 cm³/mol. The Hall–Kier alpha value is -2.08. The largest absolute Gasteiger partial charge is 0.391 e. The van der Waals surface area contributed by atoms with Crippen LogP contribution in [-0.4, -0.2) is 59.1 Å². The number of anilines is 1. The minimum Gasteiger partial charge on any atom is -0.391 e. The van der Waals surface area contributed by atoms with E-state index in [1.54, 1.807) is 9.80 Å². The number of piperidine rings is 1. The van der Waals surface area contributed by atoms with Crippen molar-refractivity contribution in [3.8, 4) is 0 Å². The number of likely N-dealkylation sites (tertiary alicyclic amines) is 2. The average molecular weight is 345 g/mol. The molecule has 0 spiro atoms. The zero-order chi connectivity index (χ0) is 18.0. The van der Waals surface area contributed by atoms with Crippen LogP contribution in [0, 0.1) is 11.3 Å². The van der Waals surface area contributed by atoms with Gasteiger partial charge in [-0.3, -0.25) is 4.79 Å². The second-order valence-electron chi connectivity index (χ2n) is 7.80. The molecule has 25 heavy (non-hydrogen) atoms. The molecule has 6 heteroatoms. The van der Waals surface area contributed by atoms with Crippen molar-refractivity contribution >= 4 is 17.6 Å². The van der Waals surface area contributed by atoms with Gasteiger partial charge in [0.1, 0.15) is 0 Å². The normalized spacial score (nSPS) is 25.7. The molecule has 2 saturated heterocycles. The predicted octanol–water partition coefficient (Wildman–Crippen LogP) is 2.16. The van der Waals surface area contributed by atoms with Gasteiger partial charge in [-0.05, 0) is 25.0 Å². The van der Waals surface area contributed by atoms with Crippen LogP contribution in [0.2, 0.25) is 0 Å². The Kier molecular flexibility index (Phi) is 4.99. The van der Waals surface area contributed by atoms with Gasteiger partial charge in [-0.2, -0.15) is 0 Å². The SMILES string of the molecule is CC1(C)CN(C(=O)[C@H]2CCCN(C(=O)Nc3ccccc3)C2)C[C@H]1O. The van der Waals surface area contributed by atoms with Crippen molar-refractivity contribution in [1.82, 2.24) is 9.80 Å². The van der Waals surface area contributed by atoms with Gasteiger partial charge in [0.25, 0.3) is 0 Å². The number of benzene rings is 1. The molecule has 0 unspecified atom stereocenters. The van der Waals surface area contributed by atoms with Gasteiger partial charge in [-0.1, -0.05) is 32.0 Å². The van der Waals surface area contributed by atoms with Crippen molar-refractivity contribution in [1.29, 1.82) is 0 Å². The van der Waals surface area contributed by atoms with E-state index >= 15 is 0 Å². The molecule has 1 aromatic rings. The number of aliphatic hydroxyl groups excluding tert-OH is 1. The molecule has 3 rings (SSSR count). The Morgan fingerprint density at radius 3 is 2.52 bits per heavy atom. The lowest BCUT2D eigenvalue weighted by Crippen LogP contribution is -2.47. The molecule has 6 nitrogen and oxygen atoms in total. The smallest absolute Gasteiger partial charge is 0.321 e. The number of para-hydroxylation sites is 1. The molecule has 0 bridgehead atoms. The third kappa shape index (κ3) is 3.95. The third-order valence-corrected chi connectivity index (χ3v) is 5.29. The zero-order valence-corrected chi connectivity index (χ0v) is 14.9. The lowest BCUT2D eigenvalue weighted by atomic mass is 9.90. The molecule has 0 aromatic heterocycles. The van der Waals surface area contributed by atoms with E-state index in [0.717, 1.165) is 18.5 Å². The molecule has 2 aliphatic rings. The first-order valence-corrected chi connectivity index (χ1v) is 8.94. The van der Waals surface area contributed by atoms with Crippen molar-refractivity contribution in [2.45, 2.75) is 32.8 Å². The van der Waals surface area contributed by atoms with E-state index in [-0.39, 0.29) is 23.3 Å². The van der Waals surface area contributed by atoms with Crippen molar-refractivity contribution in [3.05, 3.63) is 30.3 Å². The molecule has 0 radical (unpaired) electrons. The average Bonchev–Trinajstić information content (AvgIpc) is 2.88. The standard InChI is InChI=1S/C19H27N3O3/c1-19(2)13-22(12-16(19)23)17(24)14-7-6-10-21(11-14)18(25)20-15-8-4-3-5-9-15/h3-5,8-9,14,16,23H,6-7,10-13H2,1-2H3,(H,20,25)/t14-,16+/m0/s1. The highest BCUT2D eigenvalue weighted by Gasteiger charge is 2.42. The maximum Gasteiger partial charge on any atom is 0.321 e. The Morgan fingerprint density at radius 1 is 1.16 bits per heavy atom. The summed E-state index contributed by atoms with van der Waals surface area (Å²) in [5, 5.41) is 13.0. The number of nitrogens with one attached hydrogen (secondary N) is 1. The van der Waals surface area contributed by atoms with E-state index in [0.29, 0.717) is 26.2 Å². The van der Waals surface area contributed by atoms with Crippen LogP contribution in [0.3, 0.4) is 0 Å². The number of aliphatic hydroxyl groups is 1. The number of nitrogens with zero attached hydrogens (tertiary/aromatic N) is 2. The van der Waals surface area contributed by atoms with Gasteiger partial charge >= 0.3 is 6.03 Å². The van der Waals surface area contributed by atoms with Gasteiger partial charge in [-0.15, -0.1) is 0 Å². The summed E-state index contributed by atoms with van der Waals surface area (Å²) in [4.78, 5) is 28.8. The summed E-state index contributed by atoms with van der Waals surface area (Å²) in [5.74, 6) is -0.127. The topological polar surface area (TPSA) is 72.9 Å². The summed E-state index contributed by atoms with van der Waals surface area (Å²) in [5.41, 5.74) is 0.486. The van der Waals surface area contributed by atoms with Crippen molar-refractivity contribution in [2.24, 2.45) is 11.3 Å². The number of carbonyl (C=O) groups excluding carboxylic acids is 2. The van der Waals surface area contributed by atoms with Crippen molar-refractivity contribution < 1.29 is 14.7 Å². The van der Waals surface area contributed by atoms with Crippen LogP contribution >= 0.6 is 0 Å². The van der Waals surface area contributed by atoms with E-state index in [4.69, 9.17) is 0 Å². The number of amides is 3. The third-order valence-electron chi connectivity index (χ3n) is 5.29. The van der Waals surface area contributed by atoms with Gasteiger partial charge in [0, 0.05) is 37.3 Å². The quantitative estimate of drug-likeness (QED) is 0.863. The molecule has 2 heterocycles. The monoisotopic (exact) mass is 345 g/mol. The Balaban J connectivity index is 1.59. The number of hydrogen-bond acceptors (Lipinski definition) is 3. The number of rotatable bonds is 2. The van der Waals surface area contributed by atoms with Gasteiger partial charge in [0.15, 0.2) is 0 Å². The number of urea groups is 1. The highest BCUT2D eigenvalue weighted by atomic mass is 16.3. The minimum atomic E-state index is -0.488. The second kappa shape index (κ2) is 7.04. The maximum absolute atomic E-state index is 12.8. The van der Waals surface area contributed by atoms with Gasteiger partial charge < -0.3 is 20.2 Å². The molecule has 2 fully saturated rings. The van der Waals surface area contributed by atoms with E-state index in [1.165, 1.54) is 0 Å². The summed E-state index contributed by atoms with van der Waals surface area (Å²) >= 11 is 0. The van der Waals surface area contributed by atoms with E-state index in [2.05, 4.69) is 5.32 Å². The summed E-state index contributed by atoms with van der Waals surface area (Å²) in [6.07, 6.45) is 1.12. The van der Waals surface area contributed by atoms with Crippen molar-refractivity contribution in [2.75, 3.05) is 31.5 Å². The van der Waals surface area contributed by atoms with Gasteiger partial charge in [-0.25, -0.2) is 4.79 Å². The first kappa shape index (κ1) is 17.7. The molecule has 2 aliphatic heterocycles.